The van der Waals surface area contributed by atoms with Gasteiger partial charge in [0.2, 0.25) is 11.7 Å². The summed E-state index contributed by atoms with van der Waals surface area (Å²) in [5.74, 6) is 1.70. The van der Waals surface area contributed by atoms with Crippen LogP contribution in [0, 0.1) is 5.92 Å². The Bertz CT molecular complexity index is 372. The van der Waals surface area contributed by atoms with Crippen LogP contribution in [0.25, 0.3) is 0 Å². The first kappa shape index (κ1) is 12.5. The molecular formula is C12H21N3O2. The molecule has 17 heavy (non-hydrogen) atoms. The van der Waals surface area contributed by atoms with E-state index in [-0.39, 0.29) is 6.10 Å². The largest absolute Gasteiger partial charge is 0.370 e. The van der Waals surface area contributed by atoms with E-state index in [2.05, 4.69) is 10.1 Å². The molecule has 1 aromatic rings. The van der Waals surface area contributed by atoms with Crippen molar-refractivity contribution in [3.8, 4) is 0 Å². The zero-order chi connectivity index (χ0) is 12.5. The number of hydrogen-bond acceptors (Lipinski definition) is 5. The van der Waals surface area contributed by atoms with E-state index in [1.807, 2.05) is 20.8 Å². The van der Waals surface area contributed by atoms with E-state index in [1.54, 1.807) is 0 Å². The van der Waals surface area contributed by atoms with E-state index >= 15 is 0 Å². The van der Waals surface area contributed by atoms with E-state index < -0.39 is 5.54 Å². The predicted octanol–water partition coefficient (Wildman–Crippen LogP) is 2.14. The third-order valence-electron chi connectivity index (χ3n) is 3.32. The van der Waals surface area contributed by atoms with Gasteiger partial charge < -0.3 is 15.0 Å². The van der Waals surface area contributed by atoms with Crippen LogP contribution >= 0.6 is 0 Å². The van der Waals surface area contributed by atoms with Crippen molar-refractivity contribution < 1.29 is 9.26 Å². The van der Waals surface area contributed by atoms with Crippen LogP contribution in [0.1, 0.15) is 57.9 Å². The first-order valence-electron chi connectivity index (χ1n) is 6.33. The summed E-state index contributed by atoms with van der Waals surface area (Å²) >= 11 is 0. The van der Waals surface area contributed by atoms with Gasteiger partial charge in [0.05, 0.1) is 5.54 Å². The molecule has 2 unspecified atom stereocenters. The molecular weight excluding hydrogens is 218 g/mol. The van der Waals surface area contributed by atoms with Gasteiger partial charge in [0.1, 0.15) is 6.10 Å². The number of aromatic nitrogens is 2. The Hall–Kier alpha value is -0.940. The van der Waals surface area contributed by atoms with Crippen molar-refractivity contribution in [1.82, 2.24) is 10.1 Å². The van der Waals surface area contributed by atoms with Crippen LogP contribution in [-0.4, -0.2) is 16.7 Å². The molecule has 1 heterocycles. The second-order valence-electron chi connectivity index (χ2n) is 4.94. The summed E-state index contributed by atoms with van der Waals surface area (Å²) in [5.41, 5.74) is 5.53. The smallest absolute Gasteiger partial charge is 0.246 e. The molecule has 0 amide bonds. The van der Waals surface area contributed by atoms with Crippen molar-refractivity contribution in [3.05, 3.63) is 11.7 Å². The van der Waals surface area contributed by atoms with E-state index in [9.17, 15) is 0 Å². The minimum atomic E-state index is -0.550. The van der Waals surface area contributed by atoms with Crippen LogP contribution in [0.4, 0.5) is 0 Å². The Morgan fingerprint density at radius 1 is 1.53 bits per heavy atom. The highest BCUT2D eigenvalue weighted by atomic mass is 16.5. The monoisotopic (exact) mass is 239 g/mol. The summed E-state index contributed by atoms with van der Waals surface area (Å²) in [5, 5.41) is 4.02. The van der Waals surface area contributed by atoms with Crippen LogP contribution in [0.2, 0.25) is 0 Å². The van der Waals surface area contributed by atoms with Gasteiger partial charge >= 0.3 is 0 Å². The van der Waals surface area contributed by atoms with Crippen LogP contribution < -0.4 is 5.73 Å². The Labute approximate surface area is 102 Å². The normalized spacial score (nSPS) is 21.2. The maximum Gasteiger partial charge on any atom is 0.246 e. The average Bonchev–Trinajstić information content (AvgIpc) is 3.02. The number of nitrogens with zero attached hydrogens (tertiary/aromatic N) is 2. The highest BCUT2D eigenvalue weighted by Crippen LogP contribution is 2.42. The Kier molecular flexibility index (Phi) is 3.49. The molecule has 0 saturated heterocycles. The van der Waals surface area contributed by atoms with Crippen LogP contribution in [0.3, 0.4) is 0 Å². The van der Waals surface area contributed by atoms with Gasteiger partial charge in [0.15, 0.2) is 0 Å². The zero-order valence-corrected chi connectivity index (χ0v) is 10.8. The Morgan fingerprint density at radius 2 is 2.24 bits per heavy atom. The van der Waals surface area contributed by atoms with Gasteiger partial charge in [0.25, 0.3) is 0 Å². The van der Waals surface area contributed by atoms with Crippen molar-refractivity contribution in [2.24, 2.45) is 11.7 Å². The van der Waals surface area contributed by atoms with Crippen molar-refractivity contribution in [3.63, 3.8) is 0 Å². The van der Waals surface area contributed by atoms with Gasteiger partial charge in [-0.3, -0.25) is 0 Å². The molecule has 0 aromatic carbocycles. The molecule has 96 valence electrons. The molecule has 0 bridgehead atoms. The van der Waals surface area contributed by atoms with Crippen molar-refractivity contribution in [2.75, 3.05) is 6.61 Å². The van der Waals surface area contributed by atoms with Gasteiger partial charge in [-0.15, -0.1) is 0 Å². The zero-order valence-electron chi connectivity index (χ0n) is 10.8. The van der Waals surface area contributed by atoms with E-state index in [0.717, 1.165) is 6.42 Å². The second kappa shape index (κ2) is 4.74. The molecule has 1 aromatic heterocycles. The van der Waals surface area contributed by atoms with E-state index in [4.69, 9.17) is 15.0 Å². The van der Waals surface area contributed by atoms with E-state index in [0.29, 0.717) is 24.2 Å². The molecule has 1 aliphatic carbocycles. The fourth-order valence-corrected chi connectivity index (χ4v) is 1.73. The summed E-state index contributed by atoms with van der Waals surface area (Å²) in [6.07, 6.45) is 3.10. The lowest BCUT2D eigenvalue weighted by atomic mass is 10.0. The number of rotatable bonds is 6. The standard InChI is InChI=1S/C12H21N3O2/c1-4-12(3,13)11-14-10(15-17-11)9(16-5-2)8-6-7-8/h8-9H,4-7,13H2,1-3H3. The highest BCUT2D eigenvalue weighted by molar-refractivity contribution is 5.03. The summed E-state index contributed by atoms with van der Waals surface area (Å²) < 4.78 is 10.9. The molecule has 2 rings (SSSR count). The molecule has 1 saturated carbocycles. The molecule has 0 radical (unpaired) electrons. The topological polar surface area (TPSA) is 74.2 Å². The molecule has 2 atom stereocenters. The summed E-state index contributed by atoms with van der Waals surface area (Å²) in [6, 6.07) is 0. The summed E-state index contributed by atoms with van der Waals surface area (Å²) in [4.78, 5) is 4.41. The second-order valence-corrected chi connectivity index (χ2v) is 4.94. The fourth-order valence-electron chi connectivity index (χ4n) is 1.73. The minimum absolute atomic E-state index is 0.0230. The Balaban J connectivity index is 2.15. The lowest BCUT2D eigenvalue weighted by Crippen LogP contribution is -2.32. The first-order chi connectivity index (χ1) is 8.08. The molecule has 1 aliphatic rings. The lowest BCUT2D eigenvalue weighted by Gasteiger charge is -2.16. The molecule has 2 N–H and O–H groups in total. The lowest BCUT2D eigenvalue weighted by molar-refractivity contribution is 0.0384. The van der Waals surface area contributed by atoms with Gasteiger partial charge in [0, 0.05) is 6.61 Å². The highest BCUT2D eigenvalue weighted by Gasteiger charge is 2.37. The van der Waals surface area contributed by atoms with Gasteiger partial charge in [-0.1, -0.05) is 12.1 Å². The first-order valence-corrected chi connectivity index (χ1v) is 6.33. The summed E-state index contributed by atoms with van der Waals surface area (Å²) in [6.45, 7) is 6.55. The summed E-state index contributed by atoms with van der Waals surface area (Å²) in [7, 11) is 0. The van der Waals surface area contributed by atoms with Gasteiger partial charge in [-0.05, 0) is 39.0 Å². The molecule has 0 spiro atoms. The number of nitrogens with two attached hydrogens (primary N) is 1. The van der Waals surface area contributed by atoms with Crippen LogP contribution in [-0.2, 0) is 10.3 Å². The SMILES string of the molecule is CCOC(c1noc(C(C)(N)CC)n1)C1CC1. The van der Waals surface area contributed by atoms with Crippen molar-refractivity contribution >= 4 is 0 Å². The number of hydrogen-bond donors (Lipinski definition) is 1. The predicted molar refractivity (Wildman–Crippen MR) is 63.2 cm³/mol. The molecule has 0 aliphatic heterocycles. The Morgan fingerprint density at radius 3 is 2.76 bits per heavy atom. The molecule has 1 fully saturated rings. The van der Waals surface area contributed by atoms with Gasteiger partial charge in [-0.25, -0.2) is 0 Å². The van der Waals surface area contributed by atoms with Crippen LogP contribution in [0.5, 0.6) is 0 Å². The van der Waals surface area contributed by atoms with Crippen molar-refractivity contribution in [2.45, 2.75) is 51.7 Å². The number of ether oxygens (including phenoxy) is 1. The maximum absolute atomic E-state index is 6.08. The molecule has 5 heteroatoms. The minimum Gasteiger partial charge on any atom is -0.370 e. The third kappa shape index (κ3) is 2.66. The third-order valence-corrected chi connectivity index (χ3v) is 3.32. The quantitative estimate of drug-likeness (QED) is 0.823. The fraction of sp³-hybridized carbons (Fsp3) is 0.833. The average molecular weight is 239 g/mol. The van der Waals surface area contributed by atoms with Gasteiger partial charge in [-0.2, -0.15) is 4.98 Å². The maximum atomic E-state index is 6.08. The van der Waals surface area contributed by atoms with E-state index in [1.165, 1.54) is 12.8 Å². The van der Waals surface area contributed by atoms with Crippen LogP contribution in [0.15, 0.2) is 4.52 Å². The molecule has 5 nitrogen and oxygen atoms in total. The van der Waals surface area contributed by atoms with Crippen molar-refractivity contribution in [1.29, 1.82) is 0 Å².